The lowest BCUT2D eigenvalue weighted by atomic mass is 10.2. The van der Waals surface area contributed by atoms with Crippen LogP contribution in [-0.2, 0) is 9.53 Å². The van der Waals surface area contributed by atoms with Crippen LogP contribution < -0.4 is 21.5 Å². The molecule has 1 atom stereocenters. The van der Waals surface area contributed by atoms with Crippen molar-refractivity contribution in [3.05, 3.63) is 35.1 Å². The van der Waals surface area contributed by atoms with Gasteiger partial charge in [-0.25, -0.2) is 19.7 Å². The van der Waals surface area contributed by atoms with E-state index in [-0.39, 0.29) is 6.10 Å². The molecule has 1 unspecified atom stereocenters. The van der Waals surface area contributed by atoms with E-state index in [1.807, 2.05) is 13.0 Å². The van der Waals surface area contributed by atoms with Crippen LogP contribution in [0.5, 0.6) is 5.88 Å². The van der Waals surface area contributed by atoms with Crippen LogP contribution in [0.3, 0.4) is 0 Å². The van der Waals surface area contributed by atoms with Crippen molar-refractivity contribution < 1.29 is 19.1 Å². The van der Waals surface area contributed by atoms with Crippen molar-refractivity contribution in [2.45, 2.75) is 26.4 Å². The number of hydrogen-bond acceptors (Lipinski definition) is 10. The molecule has 0 saturated heterocycles. The first-order chi connectivity index (χ1) is 14.4. The lowest BCUT2D eigenvalue weighted by Crippen LogP contribution is -2.20. The van der Waals surface area contributed by atoms with Crippen LogP contribution in [0.2, 0.25) is 0 Å². The number of nitrogens with one attached hydrogen (secondary N) is 1. The number of aromatic nitrogens is 3. The zero-order chi connectivity index (χ0) is 21.7. The van der Waals surface area contributed by atoms with Crippen molar-refractivity contribution in [2.24, 2.45) is 11.5 Å². The number of carbonyl (C=O) groups excluding carboxylic acids is 2. The van der Waals surface area contributed by atoms with Gasteiger partial charge in [-0.05, 0) is 44.5 Å². The molecule has 158 valence electrons. The van der Waals surface area contributed by atoms with Crippen molar-refractivity contribution in [1.82, 2.24) is 15.0 Å². The number of fused-ring (bicyclic) bond motifs is 1. The number of esters is 1. The Morgan fingerprint density at radius 1 is 1.30 bits per heavy atom. The zero-order valence-corrected chi connectivity index (χ0v) is 17.4. The lowest BCUT2D eigenvalue weighted by Gasteiger charge is -2.16. The van der Waals surface area contributed by atoms with E-state index < -0.39 is 18.5 Å². The van der Waals surface area contributed by atoms with Crippen molar-refractivity contribution in [3.8, 4) is 5.88 Å². The third-order valence-corrected chi connectivity index (χ3v) is 5.35. The average Bonchev–Trinajstić information content (AvgIpc) is 3.05. The number of aryl methyl sites for hydroxylation is 1. The fraction of sp³-hybridized carbons (Fsp3) is 0.316. The van der Waals surface area contributed by atoms with Gasteiger partial charge in [-0.1, -0.05) is 0 Å². The maximum Gasteiger partial charge on any atom is 0.349 e. The van der Waals surface area contributed by atoms with E-state index in [9.17, 15) is 9.59 Å². The van der Waals surface area contributed by atoms with Gasteiger partial charge < -0.3 is 26.3 Å². The third kappa shape index (κ3) is 4.81. The normalized spacial score (nSPS) is 11.8. The van der Waals surface area contributed by atoms with Gasteiger partial charge >= 0.3 is 5.97 Å². The quantitative estimate of drug-likeness (QED) is 0.431. The van der Waals surface area contributed by atoms with Crippen LogP contribution in [-0.4, -0.2) is 46.1 Å². The molecular formula is C19H22N6O4S. The maximum atomic E-state index is 12.3. The van der Waals surface area contributed by atoms with Gasteiger partial charge in [0.15, 0.2) is 6.61 Å². The first-order valence-corrected chi connectivity index (χ1v) is 10.0. The molecule has 0 spiro atoms. The summed E-state index contributed by atoms with van der Waals surface area (Å²) in [4.78, 5) is 37.0. The molecule has 0 aromatic carbocycles. The smallest absolute Gasteiger partial charge is 0.349 e. The van der Waals surface area contributed by atoms with Gasteiger partial charge in [0.1, 0.15) is 27.5 Å². The highest BCUT2D eigenvalue weighted by atomic mass is 32.1. The minimum atomic E-state index is -0.725. The maximum absolute atomic E-state index is 12.3. The topological polar surface area (TPSA) is 155 Å². The number of carbonyl (C=O) groups is 2. The summed E-state index contributed by atoms with van der Waals surface area (Å²) in [6, 6.07) is 3.59. The van der Waals surface area contributed by atoms with E-state index in [1.165, 1.54) is 6.33 Å². The number of nitrogens with zero attached hydrogens (tertiary/aromatic N) is 3. The minimum Gasteiger partial charge on any atom is -0.473 e. The molecule has 0 aliphatic heterocycles. The Labute approximate surface area is 176 Å². The number of primary amides is 1. The summed E-state index contributed by atoms with van der Waals surface area (Å²) in [5.41, 5.74) is 11.9. The van der Waals surface area contributed by atoms with Crippen LogP contribution >= 0.6 is 11.3 Å². The monoisotopic (exact) mass is 430 g/mol. The van der Waals surface area contributed by atoms with Crippen LogP contribution in [0.25, 0.3) is 10.2 Å². The van der Waals surface area contributed by atoms with Crippen LogP contribution in [0.4, 0.5) is 11.5 Å². The molecule has 10 nitrogen and oxygen atoms in total. The molecule has 0 bridgehead atoms. The summed E-state index contributed by atoms with van der Waals surface area (Å²) in [5, 5.41) is 3.88. The van der Waals surface area contributed by atoms with Crippen molar-refractivity contribution in [2.75, 3.05) is 18.5 Å². The molecule has 5 N–H and O–H groups in total. The molecule has 0 aliphatic rings. The number of rotatable bonds is 9. The summed E-state index contributed by atoms with van der Waals surface area (Å²) >= 11 is 1.15. The highest BCUT2D eigenvalue weighted by Crippen LogP contribution is 2.36. The molecule has 11 heteroatoms. The van der Waals surface area contributed by atoms with Crippen molar-refractivity contribution in [1.29, 1.82) is 0 Å². The number of ether oxygens (including phenoxy) is 2. The van der Waals surface area contributed by atoms with E-state index in [0.717, 1.165) is 11.3 Å². The molecule has 3 aromatic rings. The average molecular weight is 430 g/mol. The number of hydrogen-bond donors (Lipinski definition) is 3. The number of nitrogens with two attached hydrogens (primary N) is 2. The largest absolute Gasteiger partial charge is 0.473 e. The fourth-order valence-corrected chi connectivity index (χ4v) is 3.80. The van der Waals surface area contributed by atoms with Gasteiger partial charge in [0, 0.05) is 6.20 Å². The van der Waals surface area contributed by atoms with Gasteiger partial charge in [0.2, 0.25) is 5.88 Å². The summed E-state index contributed by atoms with van der Waals surface area (Å²) < 4.78 is 10.8. The number of pyridine rings is 1. The highest BCUT2D eigenvalue weighted by Gasteiger charge is 2.21. The molecule has 0 saturated carbocycles. The molecule has 0 radical (unpaired) electrons. The second-order valence-electron chi connectivity index (χ2n) is 6.49. The second kappa shape index (κ2) is 9.46. The SMILES string of the molecule is Cc1c(C(=O)OCC(N)=O)sc2ncnc(Nc3cccnc3OC(C)CCN)c12. The van der Waals surface area contributed by atoms with Crippen molar-refractivity contribution >= 4 is 44.9 Å². The molecule has 1 amide bonds. The van der Waals surface area contributed by atoms with Gasteiger partial charge in [-0.2, -0.15) is 0 Å². The predicted molar refractivity (Wildman–Crippen MR) is 113 cm³/mol. The Morgan fingerprint density at radius 3 is 2.83 bits per heavy atom. The number of thiophene rings is 1. The Bertz CT molecular complexity index is 1070. The number of amides is 1. The molecule has 3 aromatic heterocycles. The molecule has 30 heavy (non-hydrogen) atoms. The second-order valence-corrected chi connectivity index (χ2v) is 7.49. The summed E-state index contributed by atoms with van der Waals surface area (Å²) in [7, 11) is 0. The van der Waals surface area contributed by atoms with Crippen molar-refractivity contribution in [3.63, 3.8) is 0 Å². The fourth-order valence-electron chi connectivity index (χ4n) is 2.75. The summed E-state index contributed by atoms with van der Waals surface area (Å²) in [6.07, 6.45) is 3.61. The van der Waals surface area contributed by atoms with E-state index in [4.69, 9.17) is 20.9 Å². The standard InChI is InChI=1S/C19H22N6O4S/c1-10(5-6-20)29-17-12(4-3-7-22-17)25-16-14-11(2)15(19(27)28-8-13(21)26)30-18(14)24-9-23-16/h3-4,7,9-10H,5-6,8,20H2,1-2H3,(H2,21,26)(H,23,24,25). The summed E-state index contributed by atoms with van der Waals surface area (Å²) in [5.74, 6) is -0.454. The molecule has 3 heterocycles. The van der Waals surface area contributed by atoms with Gasteiger partial charge in [0.25, 0.3) is 5.91 Å². The van der Waals surface area contributed by atoms with Crippen LogP contribution in [0.1, 0.15) is 28.6 Å². The number of anilines is 2. The van der Waals surface area contributed by atoms with Crippen LogP contribution in [0, 0.1) is 6.92 Å². The predicted octanol–water partition coefficient (Wildman–Crippen LogP) is 1.90. The first kappa shape index (κ1) is 21.4. The van der Waals surface area contributed by atoms with Gasteiger partial charge in [-0.15, -0.1) is 11.3 Å². The Morgan fingerprint density at radius 2 is 2.10 bits per heavy atom. The zero-order valence-electron chi connectivity index (χ0n) is 16.5. The Kier molecular flexibility index (Phi) is 6.75. The lowest BCUT2D eigenvalue weighted by molar-refractivity contribution is -0.121. The molecule has 0 aliphatic carbocycles. The van der Waals surface area contributed by atoms with Crippen LogP contribution in [0.15, 0.2) is 24.7 Å². The van der Waals surface area contributed by atoms with E-state index in [0.29, 0.717) is 51.0 Å². The highest BCUT2D eigenvalue weighted by molar-refractivity contribution is 7.20. The Hall–Kier alpha value is -3.31. The molecule has 0 fully saturated rings. The Balaban J connectivity index is 1.93. The minimum absolute atomic E-state index is 0.106. The van der Waals surface area contributed by atoms with E-state index in [2.05, 4.69) is 20.3 Å². The van der Waals surface area contributed by atoms with Gasteiger partial charge in [-0.3, -0.25) is 4.79 Å². The molecule has 3 rings (SSSR count). The van der Waals surface area contributed by atoms with E-state index in [1.54, 1.807) is 19.2 Å². The first-order valence-electron chi connectivity index (χ1n) is 9.19. The van der Waals surface area contributed by atoms with E-state index >= 15 is 0 Å². The summed E-state index contributed by atoms with van der Waals surface area (Å²) in [6.45, 7) is 3.70. The third-order valence-electron chi connectivity index (χ3n) is 4.17. The molecular weight excluding hydrogens is 408 g/mol. The van der Waals surface area contributed by atoms with Gasteiger partial charge in [0.05, 0.1) is 11.5 Å².